The highest BCUT2D eigenvalue weighted by molar-refractivity contribution is 5.25. The lowest BCUT2D eigenvalue weighted by Gasteiger charge is -2.24. The smallest absolute Gasteiger partial charge is 0.0424 e. The zero-order valence-electron chi connectivity index (χ0n) is 13.1. The minimum absolute atomic E-state index is 0.152. The molecule has 0 aromatic heterocycles. The fourth-order valence-electron chi connectivity index (χ4n) is 3.20. The Morgan fingerprint density at radius 3 is 2.55 bits per heavy atom. The summed E-state index contributed by atoms with van der Waals surface area (Å²) in [6.07, 6.45) is 6.50. The van der Waals surface area contributed by atoms with E-state index in [0.717, 1.165) is 18.9 Å². The van der Waals surface area contributed by atoms with Crippen LogP contribution in [-0.2, 0) is 6.42 Å². The van der Waals surface area contributed by atoms with Crippen LogP contribution in [0.25, 0.3) is 0 Å². The zero-order valence-corrected chi connectivity index (χ0v) is 13.1. The third-order valence-electron chi connectivity index (χ3n) is 4.79. The monoisotopic (exact) mass is 274 g/mol. The van der Waals surface area contributed by atoms with Gasteiger partial charge in [-0.05, 0) is 55.8 Å². The fraction of sp³-hybridized carbons (Fsp3) is 0.667. The molecular weight excluding hydrogens is 244 g/mol. The van der Waals surface area contributed by atoms with E-state index in [1.54, 1.807) is 0 Å². The van der Waals surface area contributed by atoms with Gasteiger partial charge in [-0.25, -0.2) is 0 Å². The summed E-state index contributed by atoms with van der Waals surface area (Å²) in [6.45, 7) is 7.95. The van der Waals surface area contributed by atoms with E-state index in [9.17, 15) is 0 Å². The maximum absolute atomic E-state index is 6.39. The Bertz CT molecular complexity index is 385. The van der Waals surface area contributed by atoms with Crippen molar-refractivity contribution >= 4 is 0 Å². The van der Waals surface area contributed by atoms with Gasteiger partial charge in [0.25, 0.3) is 0 Å². The highest BCUT2D eigenvalue weighted by Crippen LogP contribution is 2.22. The second-order valence-corrected chi connectivity index (χ2v) is 6.21. The topological polar surface area (TPSA) is 29.3 Å². The van der Waals surface area contributed by atoms with Crippen molar-refractivity contribution in [2.75, 3.05) is 19.6 Å². The molecule has 2 heteroatoms. The third-order valence-corrected chi connectivity index (χ3v) is 4.79. The molecule has 112 valence electrons. The van der Waals surface area contributed by atoms with E-state index in [1.807, 2.05) is 0 Å². The van der Waals surface area contributed by atoms with Gasteiger partial charge in [-0.3, -0.25) is 0 Å². The molecule has 2 nitrogen and oxygen atoms in total. The molecule has 1 aromatic carbocycles. The summed E-state index contributed by atoms with van der Waals surface area (Å²) in [4.78, 5) is 2.56. The van der Waals surface area contributed by atoms with E-state index in [0.29, 0.717) is 0 Å². The summed E-state index contributed by atoms with van der Waals surface area (Å²) in [5, 5.41) is 0. The minimum atomic E-state index is 0.152. The molecule has 1 aromatic rings. The lowest BCUT2D eigenvalue weighted by atomic mass is 9.98. The lowest BCUT2D eigenvalue weighted by Crippen LogP contribution is -2.33. The van der Waals surface area contributed by atoms with Crippen LogP contribution in [0.5, 0.6) is 0 Å². The number of nitrogens with zero attached hydrogens (tertiary/aromatic N) is 1. The highest BCUT2D eigenvalue weighted by atomic mass is 15.1. The average molecular weight is 274 g/mol. The molecule has 1 heterocycles. The van der Waals surface area contributed by atoms with Gasteiger partial charge in [-0.1, -0.05) is 44.5 Å². The van der Waals surface area contributed by atoms with Crippen LogP contribution in [0.15, 0.2) is 24.3 Å². The summed E-state index contributed by atoms with van der Waals surface area (Å²) < 4.78 is 0. The third kappa shape index (κ3) is 4.32. The van der Waals surface area contributed by atoms with Crippen LogP contribution in [0.1, 0.15) is 56.7 Å². The van der Waals surface area contributed by atoms with Gasteiger partial charge in [0.2, 0.25) is 0 Å². The molecular formula is C18H30N2. The number of hydrogen-bond acceptors (Lipinski definition) is 2. The molecule has 0 radical (unpaired) electrons. The van der Waals surface area contributed by atoms with Crippen LogP contribution in [0.3, 0.4) is 0 Å². The first-order valence-corrected chi connectivity index (χ1v) is 8.29. The second-order valence-electron chi connectivity index (χ2n) is 6.21. The fourth-order valence-corrected chi connectivity index (χ4v) is 3.20. The first-order chi connectivity index (χ1) is 9.72. The molecule has 20 heavy (non-hydrogen) atoms. The van der Waals surface area contributed by atoms with Crippen molar-refractivity contribution in [2.24, 2.45) is 11.7 Å². The Balaban J connectivity index is 1.88. The summed E-state index contributed by atoms with van der Waals surface area (Å²) >= 11 is 0. The van der Waals surface area contributed by atoms with E-state index in [1.165, 1.54) is 49.9 Å². The second kappa shape index (κ2) is 7.80. The molecule has 2 rings (SSSR count). The predicted molar refractivity (Wildman–Crippen MR) is 86.8 cm³/mol. The Labute approximate surface area is 124 Å². The molecule has 2 N–H and O–H groups in total. The Kier molecular flexibility index (Phi) is 6.06. The summed E-state index contributed by atoms with van der Waals surface area (Å²) in [5.41, 5.74) is 9.06. The SMILES string of the molecule is CCc1ccc(C(N)CN2CCCC(CC)CC2)cc1. The first kappa shape index (κ1) is 15.5. The van der Waals surface area contributed by atoms with Gasteiger partial charge < -0.3 is 10.6 Å². The average Bonchev–Trinajstić information content (AvgIpc) is 2.72. The van der Waals surface area contributed by atoms with Gasteiger partial charge in [0.1, 0.15) is 0 Å². The summed E-state index contributed by atoms with van der Waals surface area (Å²) in [6, 6.07) is 8.99. The highest BCUT2D eigenvalue weighted by Gasteiger charge is 2.18. The van der Waals surface area contributed by atoms with Crippen LogP contribution in [0, 0.1) is 5.92 Å². The molecule has 1 aliphatic heterocycles. The number of rotatable bonds is 5. The molecule has 0 spiro atoms. The van der Waals surface area contributed by atoms with Gasteiger partial charge in [-0.15, -0.1) is 0 Å². The molecule has 1 aliphatic rings. The van der Waals surface area contributed by atoms with Crippen molar-refractivity contribution < 1.29 is 0 Å². The molecule has 1 saturated heterocycles. The normalized spacial score (nSPS) is 22.4. The molecule has 1 fully saturated rings. The van der Waals surface area contributed by atoms with E-state index in [2.05, 4.69) is 43.0 Å². The van der Waals surface area contributed by atoms with Crippen LogP contribution in [0.2, 0.25) is 0 Å². The van der Waals surface area contributed by atoms with Crippen molar-refractivity contribution in [2.45, 2.75) is 52.0 Å². The maximum atomic E-state index is 6.39. The Hall–Kier alpha value is -0.860. The zero-order chi connectivity index (χ0) is 14.4. The van der Waals surface area contributed by atoms with Crippen LogP contribution < -0.4 is 5.73 Å². The van der Waals surface area contributed by atoms with Crippen molar-refractivity contribution in [3.8, 4) is 0 Å². The van der Waals surface area contributed by atoms with E-state index in [4.69, 9.17) is 5.73 Å². The number of likely N-dealkylation sites (tertiary alicyclic amines) is 1. The first-order valence-electron chi connectivity index (χ1n) is 8.29. The van der Waals surface area contributed by atoms with Crippen LogP contribution in [0.4, 0.5) is 0 Å². The largest absolute Gasteiger partial charge is 0.323 e. The van der Waals surface area contributed by atoms with E-state index in [-0.39, 0.29) is 6.04 Å². The maximum Gasteiger partial charge on any atom is 0.0424 e. The lowest BCUT2D eigenvalue weighted by molar-refractivity contribution is 0.263. The van der Waals surface area contributed by atoms with Crippen molar-refractivity contribution in [3.05, 3.63) is 35.4 Å². The molecule has 2 atom stereocenters. The van der Waals surface area contributed by atoms with Crippen molar-refractivity contribution in [1.29, 1.82) is 0 Å². The predicted octanol–water partition coefficient (Wildman–Crippen LogP) is 3.76. The number of aryl methyl sites for hydroxylation is 1. The van der Waals surface area contributed by atoms with E-state index >= 15 is 0 Å². The van der Waals surface area contributed by atoms with Gasteiger partial charge >= 0.3 is 0 Å². The molecule has 2 unspecified atom stereocenters. The summed E-state index contributed by atoms with van der Waals surface area (Å²) in [7, 11) is 0. The number of hydrogen-bond donors (Lipinski definition) is 1. The van der Waals surface area contributed by atoms with Gasteiger partial charge in [0.05, 0.1) is 0 Å². The van der Waals surface area contributed by atoms with Gasteiger partial charge in [0, 0.05) is 12.6 Å². The quantitative estimate of drug-likeness (QED) is 0.886. The number of benzene rings is 1. The molecule has 0 amide bonds. The summed E-state index contributed by atoms with van der Waals surface area (Å²) in [5.74, 6) is 0.931. The Morgan fingerprint density at radius 1 is 1.15 bits per heavy atom. The van der Waals surface area contributed by atoms with Crippen molar-refractivity contribution in [3.63, 3.8) is 0 Å². The van der Waals surface area contributed by atoms with Crippen LogP contribution in [-0.4, -0.2) is 24.5 Å². The molecule has 0 bridgehead atoms. The van der Waals surface area contributed by atoms with Gasteiger partial charge in [-0.2, -0.15) is 0 Å². The standard InChI is InChI=1S/C18H30N2/c1-3-15-6-5-12-20(13-11-15)14-18(19)17-9-7-16(4-2)8-10-17/h7-10,15,18H,3-6,11-14,19H2,1-2H3. The molecule has 0 aliphatic carbocycles. The minimum Gasteiger partial charge on any atom is -0.323 e. The number of nitrogens with two attached hydrogens (primary N) is 1. The van der Waals surface area contributed by atoms with E-state index < -0.39 is 0 Å². The van der Waals surface area contributed by atoms with Crippen molar-refractivity contribution in [1.82, 2.24) is 4.90 Å². The van der Waals surface area contributed by atoms with Crippen LogP contribution >= 0.6 is 0 Å². The Morgan fingerprint density at radius 2 is 1.90 bits per heavy atom. The molecule has 0 saturated carbocycles. The van der Waals surface area contributed by atoms with Gasteiger partial charge in [0.15, 0.2) is 0 Å².